The summed E-state index contributed by atoms with van der Waals surface area (Å²) in [6.07, 6.45) is 2.43. The third-order valence-corrected chi connectivity index (χ3v) is 5.98. The Bertz CT molecular complexity index is 1300. The molecule has 9 heteroatoms. The minimum atomic E-state index is -0.981. The fraction of sp³-hybridized carbons (Fsp3) is 0.323. The second-order valence-electron chi connectivity index (χ2n) is 8.86. The van der Waals surface area contributed by atoms with E-state index in [1.54, 1.807) is 37.3 Å². The van der Waals surface area contributed by atoms with Crippen LogP contribution in [0.1, 0.15) is 53.7 Å². The van der Waals surface area contributed by atoms with E-state index >= 15 is 0 Å². The Kier molecular flexibility index (Phi) is 11.6. The molecule has 0 saturated carbocycles. The predicted molar refractivity (Wildman–Crippen MR) is 151 cm³/mol. The van der Waals surface area contributed by atoms with Gasteiger partial charge in [-0.25, -0.2) is 9.18 Å². The molecule has 0 spiro atoms. The Morgan fingerprint density at radius 3 is 2.38 bits per heavy atom. The van der Waals surface area contributed by atoms with Gasteiger partial charge in [-0.1, -0.05) is 13.3 Å². The van der Waals surface area contributed by atoms with Gasteiger partial charge in [0.15, 0.2) is 5.78 Å². The molecular formula is C31H35FN2O6. The Balaban J connectivity index is 1.55. The predicted octanol–water partition coefficient (Wildman–Crippen LogP) is 5.80. The van der Waals surface area contributed by atoms with Crippen LogP contribution in [0.3, 0.4) is 0 Å². The van der Waals surface area contributed by atoms with E-state index in [2.05, 4.69) is 12.2 Å². The first-order valence-electron chi connectivity index (χ1n) is 13.2. The second kappa shape index (κ2) is 15.4. The summed E-state index contributed by atoms with van der Waals surface area (Å²) in [5.41, 5.74) is 2.97. The molecule has 0 amide bonds. The third kappa shape index (κ3) is 8.38. The van der Waals surface area contributed by atoms with Gasteiger partial charge in [0, 0.05) is 41.6 Å². The SMILES string of the molecule is CCCc1cc(C(=O)c2ccc(F)cc2)ccc1OCCCOc1ccc(NC(OCC)C(=O)OC)c(C=N)c1. The number of methoxy groups -OCH3 is 1. The molecule has 212 valence electrons. The van der Waals surface area contributed by atoms with E-state index in [0.717, 1.165) is 18.4 Å². The highest BCUT2D eigenvalue weighted by Crippen LogP contribution is 2.25. The van der Waals surface area contributed by atoms with Crippen molar-refractivity contribution in [3.63, 3.8) is 0 Å². The molecule has 3 aromatic carbocycles. The molecular weight excluding hydrogens is 515 g/mol. The molecule has 40 heavy (non-hydrogen) atoms. The first kappa shape index (κ1) is 30.3. The fourth-order valence-corrected chi connectivity index (χ4v) is 3.99. The van der Waals surface area contributed by atoms with E-state index in [1.165, 1.54) is 37.6 Å². The highest BCUT2D eigenvalue weighted by atomic mass is 19.1. The van der Waals surface area contributed by atoms with E-state index in [4.69, 9.17) is 24.4 Å². The van der Waals surface area contributed by atoms with Gasteiger partial charge in [-0.05, 0) is 79.6 Å². The molecule has 3 aromatic rings. The van der Waals surface area contributed by atoms with Crippen molar-refractivity contribution in [2.75, 3.05) is 32.2 Å². The Labute approximate surface area is 233 Å². The largest absolute Gasteiger partial charge is 0.493 e. The van der Waals surface area contributed by atoms with Gasteiger partial charge in [-0.2, -0.15) is 0 Å². The number of ketones is 1. The van der Waals surface area contributed by atoms with Crippen molar-refractivity contribution in [1.82, 2.24) is 0 Å². The first-order chi connectivity index (χ1) is 19.4. The van der Waals surface area contributed by atoms with Crippen LogP contribution in [-0.4, -0.2) is 51.1 Å². The zero-order chi connectivity index (χ0) is 28.9. The number of rotatable bonds is 16. The molecule has 0 aromatic heterocycles. The quantitative estimate of drug-likeness (QED) is 0.0763. The van der Waals surface area contributed by atoms with Gasteiger partial charge in [0.05, 0.1) is 20.3 Å². The molecule has 0 bridgehead atoms. The summed E-state index contributed by atoms with van der Waals surface area (Å²) in [6.45, 7) is 4.94. The lowest BCUT2D eigenvalue weighted by molar-refractivity contribution is -0.151. The van der Waals surface area contributed by atoms with E-state index in [9.17, 15) is 14.0 Å². The van der Waals surface area contributed by atoms with Crippen molar-refractivity contribution in [2.45, 2.75) is 39.3 Å². The second-order valence-corrected chi connectivity index (χ2v) is 8.86. The van der Waals surface area contributed by atoms with Crippen molar-refractivity contribution in [3.05, 3.63) is 88.7 Å². The van der Waals surface area contributed by atoms with E-state index < -0.39 is 12.2 Å². The van der Waals surface area contributed by atoms with Crippen LogP contribution in [0.2, 0.25) is 0 Å². The maximum atomic E-state index is 13.2. The average Bonchev–Trinajstić information content (AvgIpc) is 2.97. The smallest absolute Gasteiger partial charge is 0.356 e. The Morgan fingerprint density at radius 1 is 0.975 bits per heavy atom. The number of anilines is 1. The van der Waals surface area contributed by atoms with Gasteiger partial charge in [0.1, 0.15) is 17.3 Å². The van der Waals surface area contributed by atoms with Crippen molar-refractivity contribution in [2.24, 2.45) is 0 Å². The number of carbonyl (C=O) groups is 2. The zero-order valence-corrected chi connectivity index (χ0v) is 23.0. The minimum absolute atomic E-state index is 0.165. The van der Waals surface area contributed by atoms with Gasteiger partial charge in [0.2, 0.25) is 6.23 Å². The number of hydrogen-bond donors (Lipinski definition) is 2. The van der Waals surface area contributed by atoms with Gasteiger partial charge in [-0.15, -0.1) is 0 Å². The number of ether oxygens (including phenoxy) is 4. The van der Waals surface area contributed by atoms with Crippen LogP contribution >= 0.6 is 0 Å². The average molecular weight is 551 g/mol. The molecule has 1 unspecified atom stereocenters. The molecule has 0 aliphatic heterocycles. The maximum absolute atomic E-state index is 13.2. The number of halogens is 1. The van der Waals surface area contributed by atoms with Gasteiger partial charge in [0.25, 0.3) is 0 Å². The molecule has 0 saturated heterocycles. The third-order valence-electron chi connectivity index (χ3n) is 5.98. The summed E-state index contributed by atoms with van der Waals surface area (Å²) >= 11 is 0. The number of hydrogen-bond acceptors (Lipinski definition) is 8. The molecule has 0 aliphatic rings. The van der Waals surface area contributed by atoms with Gasteiger partial charge in [-0.3, -0.25) is 4.79 Å². The van der Waals surface area contributed by atoms with E-state index in [0.29, 0.717) is 60.1 Å². The van der Waals surface area contributed by atoms with Crippen LogP contribution in [0.15, 0.2) is 60.7 Å². The molecule has 0 fully saturated rings. The molecule has 2 N–H and O–H groups in total. The molecule has 8 nitrogen and oxygen atoms in total. The molecule has 3 rings (SSSR count). The highest BCUT2D eigenvalue weighted by Gasteiger charge is 2.20. The monoisotopic (exact) mass is 550 g/mol. The van der Waals surface area contributed by atoms with E-state index in [1.807, 2.05) is 6.07 Å². The number of aryl methyl sites for hydroxylation is 1. The summed E-state index contributed by atoms with van der Waals surface area (Å²) in [5.74, 6) is 0.182. The number of carbonyl (C=O) groups excluding carboxylic acids is 2. The molecule has 1 atom stereocenters. The summed E-state index contributed by atoms with van der Waals surface area (Å²) in [5, 5.41) is 10.7. The van der Waals surface area contributed by atoms with Gasteiger partial charge >= 0.3 is 5.97 Å². The molecule has 0 radical (unpaired) electrons. The summed E-state index contributed by atoms with van der Waals surface area (Å²) in [6, 6.07) is 16.0. The normalized spacial score (nSPS) is 11.4. The lowest BCUT2D eigenvalue weighted by atomic mass is 9.99. The summed E-state index contributed by atoms with van der Waals surface area (Å²) in [7, 11) is 1.28. The van der Waals surface area contributed by atoms with Crippen LogP contribution < -0.4 is 14.8 Å². The minimum Gasteiger partial charge on any atom is -0.493 e. The van der Waals surface area contributed by atoms with Crippen molar-refractivity contribution in [3.8, 4) is 11.5 Å². The first-order valence-corrected chi connectivity index (χ1v) is 13.2. The maximum Gasteiger partial charge on any atom is 0.356 e. The number of benzene rings is 3. The topological polar surface area (TPSA) is 107 Å². The summed E-state index contributed by atoms with van der Waals surface area (Å²) in [4.78, 5) is 24.7. The summed E-state index contributed by atoms with van der Waals surface area (Å²) < 4.78 is 35.2. The van der Waals surface area contributed by atoms with Crippen LogP contribution in [-0.2, 0) is 20.7 Å². The lowest BCUT2D eigenvalue weighted by Gasteiger charge is -2.19. The molecule has 0 heterocycles. The fourth-order valence-electron chi connectivity index (χ4n) is 3.99. The number of esters is 1. The highest BCUT2D eigenvalue weighted by molar-refractivity contribution is 6.09. The standard InChI is InChI=1S/C31H35FN2O6/c1-4-7-22-18-23(29(35)21-8-11-25(32)12-9-21)10-15-28(22)40-17-6-16-39-26-13-14-27(24(19-26)20-33)34-30(38-5-2)31(36)37-3/h8-15,18-20,30,33-34H,4-7,16-17H2,1-3H3. The Hall–Kier alpha value is -4.24. The lowest BCUT2D eigenvalue weighted by Crippen LogP contribution is -2.33. The van der Waals surface area contributed by atoms with Crippen molar-refractivity contribution >= 4 is 23.7 Å². The Morgan fingerprint density at radius 2 is 1.70 bits per heavy atom. The van der Waals surface area contributed by atoms with Crippen LogP contribution in [0.5, 0.6) is 11.5 Å². The zero-order valence-electron chi connectivity index (χ0n) is 23.0. The van der Waals surface area contributed by atoms with Crippen molar-refractivity contribution in [1.29, 1.82) is 5.41 Å². The van der Waals surface area contributed by atoms with Crippen molar-refractivity contribution < 1.29 is 32.9 Å². The van der Waals surface area contributed by atoms with Crippen LogP contribution in [0.25, 0.3) is 0 Å². The van der Waals surface area contributed by atoms with Gasteiger partial charge < -0.3 is 29.7 Å². The molecule has 0 aliphatic carbocycles. The van der Waals surface area contributed by atoms with Crippen LogP contribution in [0.4, 0.5) is 10.1 Å². The van der Waals surface area contributed by atoms with Crippen LogP contribution in [0, 0.1) is 11.2 Å². The number of nitrogens with one attached hydrogen (secondary N) is 2. The van der Waals surface area contributed by atoms with E-state index in [-0.39, 0.29) is 11.6 Å².